The molecule has 1 aliphatic rings. The molecule has 0 aliphatic carbocycles. The monoisotopic (exact) mass is 427 g/mol. The number of carbonyl (C=O) groups excluding carboxylic acids is 2. The second kappa shape index (κ2) is 10.3. The molecule has 1 amide bonds. The topological polar surface area (TPSA) is 89.2 Å². The quantitative estimate of drug-likeness (QED) is 0.424. The predicted molar refractivity (Wildman–Crippen MR) is 115 cm³/mol. The normalized spacial score (nSPS) is 16.5. The number of benzene rings is 1. The number of ketones is 1. The van der Waals surface area contributed by atoms with E-state index in [2.05, 4.69) is 13.8 Å². The molecule has 0 spiro atoms. The summed E-state index contributed by atoms with van der Waals surface area (Å²) in [4.78, 5) is 27.5. The minimum Gasteiger partial charge on any atom is -0.503 e. The number of hydrogen-bond acceptors (Lipinski definition) is 6. The van der Waals surface area contributed by atoms with E-state index in [0.717, 1.165) is 6.42 Å². The number of nitrogens with zero attached hydrogens (tertiary/aromatic N) is 1. The molecule has 7 heteroatoms. The van der Waals surface area contributed by atoms with Crippen LogP contribution in [-0.2, 0) is 9.53 Å². The van der Waals surface area contributed by atoms with Gasteiger partial charge in [-0.05, 0) is 48.6 Å². The van der Waals surface area contributed by atoms with Crippen molar-refractivity contribution in [1.82, 2.24) is 4.90 Å². The third-order valence-electron chi connectivity index (χ3n) is 5.18. The molecular formula is C24H29NO6. The van der Waals surface area contributed by atoms with Crippen LogP contribution >= 0.6 is 0 Å². The molecule has 1 aromatic carbocycles. The summed E-state index contributed by atoms with van der Waals surface area (Å²) in [5, 5.41) is 10.6. The van der Waals surface area contributed by atoms with Crippen molar-refractivity contribution in [2.24, 2.45) is 5.92 Å². The van der Waals surface area contributed by atoms with Crippen molar-refractivity contribution in [1.29, 1.82) is 0 Å². The smallest absolute Gasteiger partial charge is 0.290 e. The lowest BCUT2D eigenvalue weighted by Gasteiger charge is -2.27. The molecule has 1 N–H and O–H groups in total. The number of hydrogen-bond donors (Lipinski definition) is 1. The van der Waals surface area contributed by atoms with E-state index in [1.54, 1.807) is 13.2 Å². The third-order valence-corrected chi connectivity index (χ3v) is 5.18. The lowest BCUT2D eigenvalue weighted by molar-refractivity contribution is -0.129. The van der Waals surface area contributed by atoms with Gasteiger partial charge in [0, 0.05) is 20.3 Å². The van der Waals surface area contributed by atoms with E-state index < -0.39 is 23.5 Å². The molecule has 7 nitrogen and oxygen atoms in total. The highest BCUT2D eigenvalue weighted by molar-refractivity contribution is 6.15. The highest BCUT2D eigenvalue weighted by Gasteiger charge is 2.44. The summed E-state index contributed by atoms with van der Waals surface area (Å²) < 4.78 is 16.2. The number of carbonyl (C=O) groups is 2. The van der Waals surface area contributed by atoms with E-state index in [1.165, 1.54) is 17.2 Å². The van der Waals surface area contributed by atoms with Crippen LogP contribution in [0.3, 0.4) is 0 Å². The van der Waals surface area contributed by atoms with Crippen molar-refractivity contribution >= 4 is 11.7 Å². The van der Waals surface area contributed by atoms with E-state index in [0.29, 0.717) is 43.4 Å². The minimum absolute atomic E-state index is 0.0108. The second-order valence-electron chi connectivity index (χ2n) is 7.92. The van der Waals surface area contributed by atoms with E-state index in [1.807, 2.05) is 24.3 Å². The highest BCUT2D eigenvalue weighted by atomic mass is 16.5. The van der Waals surface area contributed by atoms with Crippen LogP contribution in [0.4, 0.5) is 0 Å². The lowest BCUT2D eigenvalue weighted by Crippen LogP contribution is -2.32. The second-order valence-corrected chi connectivity index (χ2v) is 7.92. The molecule has 1 unspecified atom stereocenters. The fraction of sp³-hybridized carbons (Fsp3) is 0.417. The highest BCUT2D eigenvalue weighted by Crippen LogP contribution is 2.40. The first-order chi connectivity index (χ1) is 14.9. The first-order valence-electron chi connectivity index (χ1n) is 10.5. The van der Waals surface area contributed by atoms with E-state index in [-0.39, 0.29) is 11.3 Å². The van der Waals surface area contributed by atoms with Gasteiger partial charge in [-0.1, -0.05) is 26.0 Å². The van der Waals surface area contributed by atoms with E-state index in [9.17, 15) is 14.7 Å². The number of aliphatic hydroxyl groups excluding tert-OH is 1. The van der Waals surface area contributed by atoms with Crippen LogP contribution in [0.2, 0.25) is 0 Å². The Morgan fingerprint density at radius 2 is 2.03 bits per heavy atom. The Bertz CT molecular complexity index is 931. The number of Topliss-reactive ketones (excluding diaryl/α,β-unsaturated/α-hetero) is 1. The van der Waals surface area contributed by atoms with Gasteiger partial charge in [0.2, 0.25) is 5.78 Å². The van der Waals surface area contributed by atoms with Crippen molar-refractivity contribution < 1.29 is 28.6 Å². The Kier molecular flexibility index (Phi) is 7.52. The third kappa shape index (κ3) is 5.17. The Hall–Kier alpha value is -3.06. The maximum Gasteiger partial charge on any atom is 0.290 e. The van der Waals surface area contributed by atoms with Crippen LogP contribution in [0.1, 0.15) is 48.8 Å². The maximum absolute atomic E-state index is 13.1. The first kappa shape index (κ1) is 22.6. The molecule has 0 bridgehead atoms. The van der Waals surface area contributed by atoms with Crippen LogP contribution in [0.25, 0.3) is 0 Å². The Balaban J connectivity index is 1.95. The zero-order chi connectivity index (χ0) is 22.4. The van der Waals surface area contributed by atoms with Gasteiger partial charge in [0.1, 0.15) is 5.75 Å². The van der Waals surface area contributed by atoms with Gasteiger partial charge in [0.05, 0.1) is 24.5 Å². The molecule has 3 rings (SSSR count). The van der Waals surface area contributed by atoms with Crippen LogP contribution in [-0.4, -0.2) is 48.6 Å². The van der Waals surface area contributed by atoms with Crippen molar-refractivity contribution in [2.75, 3.05) is 26.9 Å². The van der Waals surface area contributed by atoms with Crippen molar-refractivity contribution in [3.8, 4) is 5.75 Å². The standard InChI is InChI=1S/C24H29NO6/c1-16(2)10-14-30-18-8-4-7-17(15-18)21-20(22(26)19-9-5-13-31-19)23(27)24(28)25(21)11-6-12-29-3/h4-5,7-9,13,15-16,21,27H,6,10-12,14H2,1-3H3. The summed E-state index contributed by atoms with van der Waals surface area (Å²) in [7, 11) is 1.59. The molecule has 166 valence electrons. The maximum atomic E-state index is 13.1. The first-order valence-corrected chi connectivity index (χ1v) is 10.5. The van der Waals surface area contributed by atoms with E-state index in [4.69, 9.17) is 13.9 Å². The van der Waals surface area contributed by atoms with Crippen molar-refractivity contribution in [2.45, 2.75) is 32.7 Å². The van der Waals surface area contributed by atoms with Gasteiger partial charge in [-0.2, -0.15) is 0 Å². The molecule has 1 atom stereocenters. The van der Waals surface area contributed by atoms with E-state index >= 15 is 0 Å². The van der Waals surface area contributed by atoms with Gasteiger partial charge < -0.3 is 23.9 Å². The SMILES string of the molecule is COCCCN1C(=O)C(O)=C(C(=O)c2ccco2)C1c1cccc(OCCC(C)C)c1. The fourth-order valence-corrected chi connectivity index (χ4v) is 3.57. The Morgan fingerprint density at radius 3 is 2.71 bits per heavy atom. The predicted octanol–water partition coefficient (Wildman–Crippen LogP) is 4.32. The largest absolute Gasteiger partial charge is 0.503 e. The van der Waals surface area contributed by atoms with Crippen LogP contribution < -0.4 is 4.74 Å². The lowest BCUT2D eigenvalue weighted by atomic mass is 9.95. The number of methoxy groups -OCH3 is 1. The molecule has 0 saturated heterocycles. The summed E-state index contributed by atoms with van der Waals surface area (Å²) in [5.41, 5.74) is 0.698. The summed E-state index contributed by atoms with van der Waals surface area (Å²) in [6.07, 6.45) is 2.87. The van der Waals surface area contributed by atoms with Crippen LogP contribution in [0.15, 0.2) is 58.4 Å². The van der Waals surface area contributed by atoms with Gasteiger partial charge in [-0.3, -0.25) is 9.59 Å². The molecule has 1 aromatic heterocycles. The van der Waals surface area contributed by atoms with Gasteiger partial charge in [0.15, 0.2) is 11.5 Å². The summed E-state index contributed by atoms with van der Waals surface area (Å²) in [6.45, 7) is 5.61. The Labute approximate surface area is 182 Å². The fourth-order valence-electron chi connectivity index (χ4n) is 3.57. The molecule has 1 aliphatic heterocycles. The molecule has 31 heavy (non-hydrogen) atoms. The number of rotatable bonds is 11. The zero-order valence-corrected chi connectivity index (χ0v) is 18.2. The van der Waals surface area contributed by atoms with Gasteiger partial charge in [-0.15, -0.1) is 0 Å². The average molecular weight is 427 g/mol. The molecule has 0 radical (unpaired) electrons. The number of aliphatic hydroxyl groups is 1. The summed E-state index contributed by atoms with van der Waals surface area (Å²) in [5.74, 6) is -0.399. The van der Waals surface area contributed by atoms with Crippen LogP contribution in [0, 0.1) is 5.92 Å². The minimum atomic E-state index is -0.740. The average Bonchev–Trinajstić information content (AvgIpc) is 3.36. The summed E-state index contributed by atoms with van der Waals surface area (Å²) >= 11 is 0. The van der Waals surface area contributed by atoms with Crippen LogP contribution in [0.5, 0.6) is 5.75 Å². The van der Waals surface area contributed by atoms with Gasteiger partial charge in [0.25, 0.3) is 5.91 Å². The number of furan rings is 1. The van der Waals surface area contributed by atoms with Crippen molar-refractivity contribution in [3.63, 3.8) is 0 Å². The molecule has 2 heterocycles. The summed E-state index contributed by atoms with van der Waals surface area (Å²) in [6, 6.07) is 9.67. The van der Waals surface area contributed by atoms with Gasteiger partial charge >= 0.3 is 0 Å². The molecule has 0 saturated carbocycles. The number of amides is 1. The van der Waals surface area contributed by atoms with Crippen molar-refractivity contribution in [3.05, 3.63) is 65.3 Å². The zero-order valence-electron chi connectivity index (χ0n) is 18.2. The Morgan fingerprint density at radius 1 is 1.23 bits per heavy atom. The number of ether oxygens (including phenoxy) is 2. The van der Waals surface area contributed by atoms with Gasteiger partial charge in [-0.25, -0.2) is 0 Å². The molecular weight excluding hydrogens is 398 g/mol. The molecule has 0 fully saturated rings. The molecule has 2 aromatic rings.